The third-order valence-electron chi connectivity index (χ3n) is 4.36. The average Bonchev–Trinajstić information content (AvgIpc) is 3.01. The van der Waals surface area contributed by atoms with Gasteiger partial charge in [-0.05, 0) is 37.6 Å². The van der Waals surface area contributed by atoms with E-state index in [0.717, 1.165) is 26.8 Å². The summed E-state index contributed by atoms with van der Waals surface area (Å²) in [6, 6.07) is 14.2. The van der Waals surface area contributed by atoms with E-state index in [4.69, 9.17) is 5.84 Å². The van der Waals surface area contributed by atoms with Crippen LogP contribution in [0, 0.1) is 13.8 Å². The summed E-state index contributed by atoms with van der Waals surface area (Å²) < 4.78 is 52.9. The van der Waals surface area contributed by atoms with Crippen LogP contribution in [0.2, 0.25) is 0 Å². The van der Waals surface area contributed by atoms with E-state index in [-0.39, 0.29) is 11.6 Å². The zero-order valence-corrected chi connectivity index (χ0v) is 18.7. The van der Waals surface area contributed by atoms with Crippen molar-refractivity contribution in [2.75, 3.05) is 10.6 Å². The number of aryl methyl sites for hydroxylation is 2. The maximum absolute atomic E-state index is 12.4. The largest absolute Gasteiger partial charge is 0.336 e. The standard InChI is InChI=1S/C20H23N5O4S2/c1-15-3-7-17(8-4-15)11-12-30(26,27)13-19-22-23-20(25(19)21)14-31(28,29)24-18-9-5-16(2)6-10-18/h3-12,24H,13-14,21H2,1-2H3/b12-11-. The lowest BCUT2D eigenvalue weighted by Gasteiger charge is -2.08. The Balaban J connectivity index is 1.70. The Morgan fingerprint density at radius 2 is 1.39 bits per heavy atom. The maximum Gasteiger partial charge on any atom is 0.240 e. The topological polar surface area (TPSA) is 137 Å². The maximum atomic E-state index is 12.4. The van der Waals surface area contributed by atoms with Gasteiger partial charge in [0, 0.05) is 11.1 Å². The molecule has 0 radical (unpaired) electrons. The molecule has 0 bridgehead atoms. The number of nitrogens with zero attached hydrogens (tertiary/aromatic N) is 3. The van der Waals surface area contributed by atoms with Gasteiger partial charge in [-0.2, -0.15) is 0 Å². The van der Waals surface area contributed by atoms with Crippen LogP contribution in [0.15, 0.2) is 53.9 Å². The highest BCUT2D eigenvalue weighted by Gasteiger charge is 2.21. The molecular weight excluding hydrogens is 438 g/mol. The minimum atomic E-state index is -3.82. The van der Waals surface area contributed by atoms with E-state index >= 15 is 0 Å². The van der Waals surface area contributed by atoms with Crippen molar-refractivity contribution in [1.29, 1.82) is 0 Å². The third kappa shape index (κ3) is 6.40. The van der Waals surface area contributed by atoms with Gasteiger partial charge in [-0.25, -0.2) is 21.5 Å². The van der Waals surface area contributed by atoms with Crippen molar-refractivity contribution in [2.24, 2.45) is 0 Å². The van der Waals surface area contributed by atoms with Gasteiger partial charge in [0.2, 0.25) is 10.0 Å². The van der Waals surface area contributed by atoms with Gasteiger partial charge in [-0.3, -0.25) is 4.72 Å². The summed E-state index contributed by atoms with van der Waals surface area (Å²) in [5, 5.41) is 8.57. The molecule has 11 heteroatoms. The fraction of sp³-hybridized carbons (Fsp3) is 0.200. The Labute approximate surface area is 181 Å². The molecule has 1 heterocycles. The van der Waals surface area contributed by atoms with Crippen molar-refractivity contribution >= 4 is 31.6 Å². The predicted octanol–water partition coefficient (Wildman–Crippen LogP) is 2.14. The number of sulfonamides is 1. The van der Waals surface area contributed by atoms with Gasteiger partial charge in [0.25, 0.3) is 0 Å². The molecule has 164 valence electrons. The van der Waals surface area contributed by atoms with Gasteiger partial charge in [-0.15, -0.1) is 10.2 Å². The van der Waals surface area contributed by atoms with Crippen LogP contribution in [0.3, 0.4) is 0 Å². The Bertz CT molecular complexity index is 1290. The molecule has 2 aromatic carbocycles. The Hall–Kier alpha value is -3.18. The lowest BCUT2D eigenvalue weighted by atomic mass is 10.2. The molecule has 0 amide bonds. The fourth-order valence-corrected chi connectivity index (χ4v) is 4.77. The summed E-state index contributed by atoms with van der Waals surface area (Å²) in [4.78, 5) is 0. The smallest absolute Gasteiger partial charge is 0.240 e. The van der Waals surface area contributed by atoms with E-state index in [0.29, 0.717) is 5.69 Å². The molecule has 0 aliphatic rings. The molecule has 0 aliphatic carbocycles. The van der Waals surface area contributed by atoms with Crippen molar-refractivity contribution in [3.05, 3.63) is 82.3 Å². The number of hydrogen-bond donors (Lipinski definition) is 2. The number of nitrogen functional groups attached to an aromatic ring is 1. The van der Waals surface area contributed by atoms with Crippen LogP contribution >= 0.6 is 0 Å². The first-order valence-electron chi connectivity index (χ1n) is 9.26. The second-order valence-electron chi connectivity index (χ2n) is 7.15. The molecule has 0 saturated heterocycles. The van der Waals surface area contributed by atoms with Crippen LogP contribution in [0.5, 0.6) is 0 Å². The minimum Gasteiger partial charge on any atom is -0.336 e. The Kier molecular flexibility index (Phi) is 6.46. The van der Waals surface area contributed by atoms with E-state index in [1.165, 1.54) is 6.08 Å². The molecule has 0 atom stereocenters. The SMILES string of the molecule is Cc1ccc(/C=C\S(=O)(=O)Cc2nnc(CS(=O)(=O)Nc3ccc(C)cc3)n2N)cc1. The second-order valence-corrected chi connectivity index (χ2v) is 10.8. The molecule has 0 saturated carbocycles. The highest BCUT2D eigenvalue weighted by molar-refractivity contribution is 7.93. The fourth-order valence-electron chi connectivity index (χ4n) is 2.65. The normalized spacial score (nSPS) is 12.3. The Morgan fingerprint density at radius 3 is 1.97 bits per heavy atom. The Morgan fingerprint density at radius 1 is 0.871 bits per heavy atom. The summed E-state index contributed by atoms with van der Waals surface area (Å²) in [7, 11) is -7.52. The molecule has 0 spiro atoms. The summed E-state index contributed by atoms with van der Waals surface area (Å²) in [6.07, 6.45) is 1.48. The lowest BCUT2D eigenvalue weighted by Crippen LogP contribution is -2.23. The van der Waals surface area contributed by atoms with Crippen molar-refractivity contribution in [3.8, 4) is 0 Å². The van der Waals surface area contributed by atoms with Gasteiger partial charge in [0.15, 0.2) is 21.5 Å². The molecular formula is C20H23N5O4S2. The summed E-state index contributed by atoms with van der Waals surface area (Å²) in [5.74, 6) is 4.67. The second kappa shape index (κ2) is 8.90. The third-order valence-corrected chi connectivity index (χ3v) is 6.75. The number of nitrogens with two attached hydrogens (primary N) is 1. The molecule has 31 heavy (non-hydrogen) atoms. The average molecular weight is 462 g/mol. The molecule has 0 unspecified atom stereocenters. The number of anilines is 1. The van der Waals surface area contributed by atoms with Gasteiger partial charge < -0.3 is 5.84 Å². The lowest BCUT2D eigenvalue weighted by molar-refractivity contribution is 0.598. The summed E-state index contributed by atoms with van der Waals surface area (Å²) in [6.45, 7) is 3.83. The van der Waals surface area contributed by atoms with Crippen LogP contribution < -0.4 is 10.6 Å². The van der Waals surface area contributed by atoms with Crippen molar-refractivity contribution in [1.82, 2.24) is 14.9 Å². The van der Waals surface area contributed by atoms with Crippen LogP contribution in [0.1, 0.15) is 28.3 Å². The van der Waals surface area contributed by atoms with Crippen molar-refractivity contribution < 1.29 is 16.8 Å². The highest BCUT2D eigenvalue weighted by Crippen LogP contribution is 2.14. The minimum absolute atomic E-state index is 0.0610. The van der Waals surface area contributed by atoms with E-state index in [2.05, 4.69) is 14.9 Å². The van der Waals surface area contributed by atoms with Gasteiger partial charge in [0.05, 0.1) is 0 Å². The summed E-state index contributed by atoms with van der Waals surface area (Å²) >= 11 is 0. The van der Waals surface area contributed by atoms with Crippen LogP contribution in [0.25, 0.3) is 6.08 Å². The number of nitrogens with one attached hydrogen (secondary N) is 1. The van der Waals surface area contributed by atoms with Crippen LogP contribution in [0.4, 0.5) is 5.69 Å². The quantitative estimate of drug-likeness (QED) is 0.490. The molecule has 0 fully saturated rings. The van der Waals surface area contributed by atoms with Gasteiger partial charge in [-0.1, -0.05) is 47.5 Å². The first-order chi connectivity index (χ1) is 14.5. The van der Waals surface area contributed by atoms with E-state index in [1.807, 2.05) is 26.0 Å². The van der Waals surface area contributed by atoms with Crippen LogP contribution in [-0.4, -0.2) is 31.7 Å². The predicted molar refractivity (Wildman–Crippen MR) is 120 cm³/mol. The monoisotopic (exact) mass is 461 g/mol. The molecule has 3 N–H and O–H groups in total. The van der Waals surface area contributed by atoms with Crippen molar-refractivity contribution in [3.63, 3.8) is 0 Å². The molecule has 0 aliphatic heterocycles. The van der Waals surface area contributed by atoms with Gasteiger partial charge >= 0.3 is 0 Å². The number of sulfone groups is 1. The first-order valence-corrected chi connectivity index (χ1v) is 12.6. The molecule has 3 rings (SSSR count). The number of benzene rings is 2. The first kappa shape index (κ1) is 22.5. The van der Waals surface area contributed by atoms with E-state index < -0.39 is 31.4 Å². The number of hydrogen-bond acceptors (Lipinski definition) is 7. The highest BCUT2D eigenvalue weighted by atomic mass is 32.2. The van der Waals surface area contributed by atoms with E-state index in [9.17, 15) is 16.8 Å². The number of rotatable bonds is 8. The van der Waals surface area contributed by atoms with Crippen LogP contribution in [-0.2, 0) is 31.4 Å². The summed E-state index contributed by atoms with van der Waals surface area (Å²) in [5.41, 5.74) is 3.19. The zero-order chi connectivity index (χ0) is 22.6. The zero-order valence-electron chi connectivity index (χ0n) is 17.1. The molecule has 1 aromatic heterocycles. The van der Waals surface area contributed by atoms with E-state index in [1.54, 1.807) is 36.4 Å². The molecule has 3 aromatic rings. The molecule has 9 nitrogen and oxygen atoms in total. The van der Waals surface area contributed by atoms with Gasteiger partial charge in [0.1, 0.15) is 11.5 Å². The van der Waals surface area contributed by atoms with Crippen molar-refractivity contribution in [2.45, 2.75) is 25.4 Å². The number of aromatic nitrogens is 3.